The summed E-state index contributed by atoms with van der Waals surface area (Å²) in [5.74, 6) is 0.730. The van der Waals surface area contributed by atoms with Gasteiger partial charge in [0.15, 0.2) is 0 Å². The average Bonchev–Trinajstić information content (AvgIpc) is 2.77. The molecule has 1 aliphatic heterocycles. The zero-order chi connectivity index (χ0) is 13.3. The van der Waals surface area contributed by atoms with Gasteiger partial charge in [0.25, 0.3) is 0 Å². The highest BCUT2D eigenvalue weighted by Crippen LogP contribution is 2.36. The number of hydrogen-bond donors (Lipinski definition) is 1. The van der Waals surface area contributed by atoms with Crippen LogP contribution in [0.5, 0.6) is 0 Å². The molecule has 0 bridgehead atoms. The number of rotatable bonds is 2. The summed E-state index contributed by atoms with van der Waals surface area (Å²) in [6, 6.07) is 5.95. The summed E-state index contributed by atoms with van der Waals surface area (Å²) in [6.07, 6.45) is 1.24. The second-order valence-electron chi connectivity index (χ2n) is 6.23. The van der Waals surface area contributed by atoms with E-state index in [2.05, 4.69) is 31.7 Å². The Labute approximate surface area is 115 Å². The van der Waals surface area contributed by atoms with E-state index in [1.165, 1.54) is 12.1 Å². The quantitative estimate of drug-likeness (QED) is 0.883. The van der Waals surface area contributed by atoms with E-state index in [-0.39, 0.29) is 6.61 Å². The highest BCUT2D eigenvalue weighted by molar-refractivity contribution is 6.31. The fraction of sp³-hybridized carbons (Fsp3) is 0.600. The second kappa shape index (κ2) is 5.10. The second-order valence-corrected chi connectivity index (χ2v) is 6.64. The van der Waals surface area contributed by atoms with Crippen LogP contribution in [0.3, 0.4) is 0 Å². The van der Waals surface area contributed by atoms with Gasteiger partial charge in [0.1, 0.15) is 0 Å². The number of benzene rings is 1. The smallest absolute Gasteiger partial charge is 0.0696 e. The van der Waals surface area contributed by atoms with Crippen LogP contribution in [0.1, 0.15) is 32.8 Å². The summed E-state index contributed by atoms with van der Waals surface area (Å²) in [6.45, 7) is 9.12. The van der Waals surface area contributed by atoms with Crippen LogP contribution >= 0.6 is 11.6 Å². The van der Waals surface area contributed by atoms with E-state index in [9.17, 15) is 0 Å². The van der Waals surface area contributed by atoms with Crippen molar-refractivity contribution in [2.75, 3.05) is 18.0 Å². The Bertz CT molecular complexity index is 425. The summed E-state index contributed by atoms with van der Waals surface area (Å²) in [4.78, 5) is 2.39. The largest absolute Gasteiger partial charge is 0.392 e. The molecule has 1 aliphatic rings. The number of anilines is 1. The maximum Gasteiger partial charge on any atom is 0.0696 e. The molecule has 0 radical (unpaired) electrons. The third-order valence-corrected chi connectivity index (χ3v) is 4.34. The molecule has 0 amide bonds. The van der Waals surface area contributed by atoms with Crippen molar-refractivity contribution in [2.24, 2.45) is 11.3 Å². The predicted molar refractivity (Wildman–Crippen MR) is 77.1 cm³/mol. The normalized spacial score (nSPS) is 20.5. The van der Waals surface area contributed by atoms with Gasteiger partial charge in [-0.2, -0.15) is 0 Å². The monoisotopic (exact) mass is 267 g/mol. The molecule has 2 nitrogen and oxygen atoms in total. The van der Waals surface area contributed by atoms with Gasteiger partial charge < -0.3 is 10.0 Å². The molecule has 2 rings (SSSR count). The molecular weight excluding hydrogens is 246 g/mol. The van der Waals surface area contributed by atoms with Gasteiger partial charge in [-0.05, 0) is 35.4 Å². The lowest BCUT2D eigenvalue weighted by molar-refractivity contribution is 0.263. The number of nitrogens with zero attached hydrogens (tertiary/aromatic N) is 1. The minimum atomic E-state index is 0.00370. The SMILES string of the molecule is CC(C)(C)C1CCN(c2ccc(CO)c(Cl)c2)C1. The lowest BCUT2D eigenvalue weighted by atomic mass is 9.80. The molecule has 1 atom stereocenters. The molecule has 0 aliphatic carbocycles. The van der Waals surface area contributed by atoms with Gasteiger partial charge in [-0.15, -0.1) is 0 Å². The van der Waals surface area contributed by atoms with Gasteiger partial charge in [0.05, 0.1) is 6.61 Å². The molecule has 3 heteroatoms. The van der Waals surface area contributed by atoms with Crippen molar-refractivity contribution in [1.82, 2.24) is 0 Å². The number of hydrogen-bond acceptors (Lipinski definition) is 2. The van der Waals surface area contributed by atoms with Crippen molar-refractivity contribution in [2.45, 2.75) is 33.8 Å². The molecule has 0 aromatic heterocycles. The standard InChI is InChI=1S/C15H22ClNO/c1-15(2,3)12-6-7-17(9-12)13-5-4-11(10-18)14(16)8-13/h4-5,8,12,18H,6-7,9-10H2,1-3H3. The minimum absolute atomic E-state index is 0.00370. The molecule has 1 unspecified atom stereocenters. The van der Waals surface area contributed by atoms with E-state index in [0.717, 1.165) is 24.6 Å². The van der Waals surface area contributed by atoms with Crippen LogP contribution in [0.25, 0.3) is 0 Å². The molecule has 1 saturated heterocycles. The van der Waals surface area contributed by atoms with Crippen molar-refractivity contribution in [3.8, 4) is 0 Å². The van der Waals surface area contributed by atoms with E-state index in [4.69, 9.17) is 16.7 Å². The van der Waals surface area contributed by atoms with Crippen molar-refractivity contribution in [3.05, 3.63) is 28.8 Å². The fourth-order valence-corrected chi connectivity index (χ4v) is 2.80. The molecule has 1 aromatic carbocycles. The summed E-state index contributed by atoms with van der Waals surface area (Å²) < 4.78 is 0. The van der Waals surface area contributed by atoms with Crippen LogP contribution in [0.15, 0.2) is 18.2 Å². The Kier molecular flexibility index (Phi) is 3.88. The summed E-state index contributed by atoms with van der Waals surface area (Å²) in [7, 11) is 0. The van der Waals surface area contributed by atoms with Crippen LogP contribution in [-0.4, -0.2) is 18.2 Å². The Balaban J connectivity index is 2.12. The van der Waals surface area contributed by atoms with Crippen molar-refractivity contribution >= 4 is 17.3 Å². The van der Waals surface area contributed by atoms with Crippen molar-refractivity contribution in [1.29, 1.82) is 0 Å². The average molecular weight is 268 g/mol. The molecule has 0 saturated carbocycles. The Hall–Kier alpha value is -0.730. The topological polar surface area (TPSA) is 23.5 Å². The van der Waals surface area contributed by atoms with Gasteiger partial charge in [-0.3, -0.25) is 0 Å². The predicted octanol–water partition coefficient (Wildman–Crippen LogP) is 3.70. The Morgan fingerprint density at radius 3 is 2.61 bits per heavy atom. The molecule has 1 N–H and O–H groups in total. The third-order valence-electron chi connectivity index (χ3n) is 3.99. The van der Waals surface area contributed by atoms with Gasteiger partial charge in [-0.1, -0.05) is 38.4 Å². The van der Waals surface area contributed by atoms with Gasteiger partial charge in [-0.25, -0.2) is 0 Å². The molecule has 1 heterocycles. The molecule has 1 aromatic rings. The van der Waals surface area contributed by atoms with Crippen LogP contribution in [0, 0.1) is 11.3 Å². The van der Waals surface area contributed by atoms with Gasteiger partial charge >= 0.3 is 0 Å². The molecule has 18 heavy (non-hydrogen) atoms. The maximum atomic E-state index is 9.13. The maximum absolute atomic E-state index is 9.13. The molecule has 100 valence electrons. The Morgan fingerprint density at radius 2 is 2.11 bits per heavy atom. The van der Waals surface area contributed by atoms with Crippen LogP contribution < -0.4 is 4.90 Å². The van der Waals surface area contributed by atoms with Crippen molar-refractivity contribution in [3.63, 3.8) is 0 Å². The minimum Gasteiger partial charge on any atom is -0.392 e. The van der Waals surface area contributed by atoms with Crippen LogP contribution in [0.2, 0.25) is 5.02 Å². The highest BCUT2D eigenvalue weighted by Gasteiger charge is 2.31. The van der Waals surface area contributed by atoms with E-state index in [0.29, 0.717) is 10.4 Å². The summed E-state index contributed by atoms with van der Waals surface area (Å²) >= 11 is 6.15. The van der Waals surface area contributed by atoms with E-state index >= 15 is 0 Å². The summed E-state index contributed by atoms with van der Waals surface area (Å²) in [5, 5.41) is 9.79. The molecule has 1 fully saturated rings. The first-order valence-corrected chi connectivity index (χ1v) is 6.94. The first-order valence-electron chi connectivity index (χ1n) is 6.56. The van der Waals surface area contributed by atoms with E-state index < -0.39 is 0 Å². The van der Waals surface area contributed by atoms with Crippen LogP contribution in [0.4, 0.5) is 5.69 Å². The van der Waals surface area contributed by atoms with Crippen LogP contribution in [-0.2, 0) is 6.61 Å². The van der Waals surface area contributed by atoms with Crippen molar-refractivity contribution < 1.29 is 5.11 Å². The number of aliphatic hydroxyl groups excluding tert-OH is 1. The lowest BCUT2D eigenvalue weighted by Crippen LogP contribution is -2.25. The van der Waals surface area contributed by atoms with Gasteiger partial charge in [0, 0.05) is 23.8 Å². The fourth-order valence-electron chi connectivity index (χ4n) is 2.56. The zero-order valence-corrected chi connectivity index (χ0v) is 12.2. The first kappa shape index (κ1) is 13.7. The number of halogens is 1. The number of aliphatic hydroxyl groups is 1. The molecular formula is C15H22ClNO. The third kappa shape index (κ3) is 2.81. The first-order chi connectivity index (χ1) is 8.41. The van der Waals surface area contributed by atoms with Gasteiger partial charge in [0.2, 0.25) is 0 Å². The van der Waals surface area contributed by atoms with E-state index in [1.807, 2.05) is 12.1 Å². The highest BCUT2D eigenvalue weighted by atomic mass is 35.5. The Morgan fingerprint density at radius 1 is 1.39 bits per heavy atom. The lowest BCUT2D eigenvalue weighted by Gasteiger charge is -2.27. The zero-order valence-electron chi connectivity index (χ0n) is 11.4. The van der Waals surface area contributed by atoms with E-state index in [1.54, 1.807) is 0 Å². The molecule has 0 spiro atoms. The summed E-state index contributed by atoms with van der Waals surface area (Å²) in [5.41, 5.74) is 2.33.